The third-order valence-electron chi connectivity index (χ3n) is 14.0. The fourth-order valence-corrected chi connectivity index (χ4v) is 9.93. The van der Waals surface area contributed by atoms with Crippen LogP contribution >= 0.6 is 0 Å². The van der Waals surface area contributed by atoms with Gasteiger partial charge in [-0.05, 0) is 84.7 Å². The first-order valence-corrected chi connectivity index (χ1v) is 26.2. The van der Waals surface area contributed by atoms with Crippen molar-refractivity contribution in [1.29, 1.82) is 0 Å². The molecule has 0 radical (unpaired) electrons. The highest BCUT2D eigenvalue weighted by molar-refractivity contribution is 5.99. The first-order chi connectivity index (χ1) is 37.5. The SMILES string of the molecule is NCCCC[C@@H]1NC(=O)[C@H](Cc2c[nH]c3ccccc23)NC(=O)[C@H](c2ccccc2)NC(=O)[C@@H]2C[C@@H](OC(=O)NCCN)CN2C(=O)[C@H](Cc2ccccc2)CC(=O)[C@H](Cc2ccc(OCc3ccccc3)cc2)NC1=O. The number of unbranched alkanes of at least 4 members (excludes halogenated alkanes) is 1. The van der Waals surface area contributed by atoms with E-state index in [4.69, 9.17) is 20.9 Å². The molecule has 0 aliphatic carbocycles. The zero-order chi connectivity index (χ0) is 54.1. The van der Waals surface area contributed by atoms with Crippen molar-refractivity contribution in [3.63, 3.8) is 0 Å². The number of amides is 6. The predicted octanol–water partition coefficient (Wildman–Crippen LogP) is 4.46. The number of benzene rings is 5. The summed E-state index contributed by atoms with van der Waals surface area (Å²) in [5.41, 5.74) is 15.8. The van der Waals surface area contributed by atoms with Crippen LogP contribution in [0.2, 0.25) is 0 Å². The minimum Gasteiger partial charge on any atom is -0.489 e. The maximum atomic E-state index is 15.4. The molecule has 2 aliphatic heterocycles. The number of carbonyl (C=O) groups is 7. The number of ether oxygens (including phenoxy) is 2. The van der Waals surface area contributed by atoms with E-state index in [0.29, 0.717) is 48.4 Å². The van der Waals surface area contributed by atoms with Crippen molar-refractivity contribution < 1.29 is 43.0 Å². The highest BCUT2D eigenvalue weighted by Gasteiger charge is 2.45. The molecule has 0 bridgehead atoms. The number of carbonyl (C=O) groups excluding carboxylic acids is 7. The molecule has 7 atom stereocenters. The number of nitrogens with zero attached hydrogens (tertiary/aromatic N) is 1. The molecule has 6 amide bonds. The van der Waals surface area contributed by atoms with Gasteiger partial charge in [0.15, 0.2) is 5.78 Å². The molecule has 2 saturated heterocycles. The summed E-state index contributed by atoms with van der Waals surface area (Å²) in [5.74, 6) is -4.38. The third kappa shape index (κ3) is 15.0. The van der Waals surface area contributed by atoms with Crippen molar-refractivity contribution in [2.45, 2.75) is 94.3 Å². The number of rotatable bonds is 17. The summed E-state index contributed by atoms with van der Waals surface area (Å²) >= 11 is 0. The number of alkyl carbamates (subject to hydrolysis) is 1. The molecule has 77 heavy (non-hydrogen) atoms. The van der Waals surface area contributed by atoms with Crippen molar-refractivity contribution in [2.75, 3.05) is 26.2 Å². The zero-order valence-corrected chi connectivity index (χ0v) is 42.9. The molecular weight excluding hydrogens is 979 g/mol. The Balaban J connectivity index is 1.19. The van der Waals surface area contributed by atoms with E-state index in [9.17, 15) is 24.0 Å². The normalized spacial score (nSPS) is 21.7. The number of Topliss-reactive ketones (excluding diaryl/α,β-unsaturated/α-hetero) is 1. The Kier molecular flexibility index (Phi) is 19.2. The number of aromatic amines is 1. The van der Waals surface area contributed by atoms with Crippen LogP contribution in [0.1, 0.15) is 66.0 Å². The Morgan fingerprint density at radius 3 is 1.97 bits per heavy atom. The summed E-state index contributed by atoms with van der Waals surface area (Å²) in [6.07, 6.45) is 0.583. The van der Waals surface area contributed by atoms with Crippen molar-refractivity contribution in [1.82, 2.24) is 36.5 Å². The molecule has 402 valence electrons. The van der Waals surface area contributed by atoms with E-state index in [1.807, 2.05) is 84.9 Å². The minimum atomic E-state index is -1.40. The van der Waals surface area contributed by atoms with Crippen LogP contribution in [0.15, 0.2) is 146 Å². The highest BCUT2D eigenvalue weighted by Crippen LogP contribution is 2.29. The summed E-state index contributed by atoms with van der Waals surface area (Å²) in [6.45, 7) is 0.696. The Morgan fingerprint density at radius 2 is 1.26 bits per heavy atom. The van der Waals surface area contributed by atoms with Gasteiger partial charge in [-0.2, -0.15) is 0 Å². The molecule has 0 spiro atoms. The van der Waals surface area contributed by atoms with Crippen LogP contribution in [-0.2, 0) is 59.4 Å². The second-order valence-corrected chi connectivity index (χ2v) is 19.5. The molecule has 0 saturated carbocycles. The largest absolute Gasteiger partial charge is 0.489 e. The molecule has 1 aromatic heterocycles. The Morgan fingerprint density at radius 1 is 0.623 bits per heavy atom. The van der Waals surface area contributed by atoms with Crippen LogP contribution in [-0.4, -0.2) is 108 Å². The van der Waals surface area contributed by atoms with Gasteiger partial charge in [-0.25, -0.2) is 4.79 Å². The smallest absolute Gasteiger partial charge is 0.407 e. The van der Waals surface area contributed by atoms with Crippen LogP contribution in [0.25, 0.3) is 10.9 Å². The van der Waals surface area contributed by atoms with Crippen LogP contribution in [0.4, 0.5) is 4.79 Å². The van der Waals surface area contributed by atoms with Gasteiger partial charge in [0.2, 0.25) is 29.5 Å². The van der Waals surface area contributed by atoms with Crippen molar-refractivity contribution in [3.8, 4) is 5.75 Å². The van der Waals surface area contributed by atoms with Gasteiger partial charge in [-0.1, -0.05) is 121 Å². The quantitative estimate of drug-likeness (QED) is 0.0591. The molecule has 3 heterocycles. The predicted molar refractivity (Wildman–Crippen MR) is 290 cm³/mol. The van der Waals surface area contributed by atoms with Gasteiger partial charge < -0.3 is 57.4 Å². The summed E-state index contributed by atoms with van der Waals surface area (Å²) in [7, 11) is 0. The Bertz CT molecular complexity index is 2960. The first-order valence-electron chi connectivity index (χ1n) is 26.2. The van der Waals surface area contributed by atoms with Crippen LogP contribution in [0.5, 0.6) is 5.75 Å². The number of aromatic nitrogens is 1. The maximum Gasteiger partial charge on any atom is 0.407 e. The van der Waals surface area contributed by atoms with E-state index in [1.165, 1.54) is 4.90 Å². The standard InChI is InChI=1S/C59H67N9O9/c60-27-13-12-22-48-54(70)65-49(31-39-23-25-44(26-24-39)76-37-40-16-6-2-7-17-40)52(69)33-42(30-38-14-4-1-5-15-38)58(74)68-36-45(77-59(75)62-29-28-61)34-51(68)56(72)67-53(41-18-8-3-9-19-41)57(73)66-50(55(71)64-48)32-43-35-63-47-21-11-10-20-46(43)47/h1-11,14-21,23-26,35,42,45,48-51,53,63H,12-13,22,27-34,36-37,60-61H2,(H,62,75)(H,64,71)(H,65,70)(H,66,73)(H,67,72)/t42-,45-,48+,49+,50+,51+,53+/m1/s1. The van der Waals surface area contributed by atoms with Gasteiger partial charge in [0.05, 0.1) is 12.6 Å². The average Bonchev–Trinajstić information content (AvgIpc) is 4.08. The van der Waals surface area contributed by atoms with Crippen molar-refractivity contribution in [3.05, 3.63) is 174 Å². The number of fused-ring (bicyclic) bond motifs is 2. The second-order valence-electron chi connectivity index (χ2n) is 19.5. The molecule has 10 N–H and O–H groups in total. The fourth-order valence-electron chi connectivity index (χ4n) is 9.93. The second kappa shape index (κ2) is 26.9. The number of ketones is 1. The van der Waals surface area contributed by atoms with Crippen LogP contribution in [0.3, 0.4) is 0 Å². The lowest BCUT2D eigenvalue weighted by Crippen LogP contribution is -2.58. The molecule has 6 aromatic rings. The molecule has 18 heteroatoms. The maximum absolute atomic E-state index is 15.4. The average molecular weight is 1050 g/mol. The molecule has 18 nitrogen and oxygen atoms in total. The van der Waals surface area contributed by atoms with Gasteiger partial charge in [-0.15, -0.1) is 0 Å². The number of H-pyrrole nitrogens is 1. The topological polar surface area (TPSA) is 269 Å². The van der Waals surface area contributed by atoms with Gasteiger partial charge >= 0.3 is 6.09 Å². The number of nitrogens with one attached hydrogen (secondary N) is 6. The first kappa shape index (κ1) is 54.9. The summed E-state index contributed by atoms with van der Waals surface area (Å²) < 4.78 is 11.8. The van der Waals surface area contributed by atoms with Crippen LogP contribution in [0, 0.1) is 5.92 Å². The van der Waals surface area contributed by atoms with Gasteiger partial charge in [0.25, 0.3) is 0 Å². The molecule has 0 unspecified atom stereocenters. The monoisotopic (exact) mass is 1050 g/mol. The molecular formula is C59H67N9O9. The zero-order valence-electron chi connectivity index (χ0n) is 42.9. The van der Waals surface area contributed by atoms with Gasteiger partial charge in [0.1, 0.15) is 42.6 Å². The van der Waals surface area contributed by atoms with Crippen LogP contribution < -0.4 is 42.8 Å². The Labute approximate surface area is 447 Å². The summed E-state index contributed by atoms with van der Waals surface area (Å²) in [6, 6.07) is 35.5. The van der Waals surface area contributed by atoms with E-state index in [-0.39, 0.29) is 58.2 Å². The lowest BCUT2D eigenvalue weighted by molar-refractivity contribution is -0.144. The number of hydrogen-bond donors (Lipinski definition) is 8. The fraction of sp³-hybridized carbons (Fsp3) is 0.339. The van der Waals surface area contributed by atoms with Crippen molar-refractivity contribution >= 4 is 52.3 Å². The van der Waals surface area contributed by atoms with Gasteiger partial charge in [0, 0.05) is 55.4 Å². The summed E-state index contributed by atoms with van der Waals surface area (Å²) in [5, 5.41) is 15.1. The van der Waals surface area contributed by atoms with Gasteiger partial charge in [-0.3, -0.25) is 28.8 Å². The van der Waals surface area contributed by atoms with E-state index in [2.05, 4.69) is 31.6 Å². The molecule has 5 aromatic carbocycles. The molecule has 8 rings (SSSR count). The van der Waals surface area contributed by atoms with E-state index in [0.717, 1.165) is 22.0 Å². The lowest BCUT2D eigenvalue weighted by atomic mass is 9.89. The minimum absolute atomic E-state index is 0.00193. The van der Waals surface area contributed by atoms with E-state index < -0.39 is 83.6 Å². The lowest BCUT2D eigenvalue weighted by Gasteiger charge is -2.31. The molecule has 2 aliphatic rings. The Hall–Kier alpha value is -8.35. The van der Waals surface area contributed by atoms with E-state index in [1.54, 1.807) is 60.8 Å². The number of hydrogen-bond acceptors (Lipinski definition) is 11. The number of nitrogens with two attached hydrogens (primary N) is 2. The summed E-state index contributed by atoms with van der Waals surface area (Å²) in [4.78, 5) is 108. The van der Waals surface area contributed by atoms with E-state index >= 15 is 9.59 Å². The number of para-hydroxylation sites is 1. The molecule has 2 fully saturated rings. The third-order valence-corrected chi connectivity index (χ3v) is 14.0. The highest BCUT2D eigenvalue weighted by atomic mass is 16.6. The van der Waals surface area contributed by atoms with Crippen molar-refractivity contribution in [2.24, 2.45) is 17.4 Å².